The van der Waals surface area contributed by atoms with Crippen molar-refractivity contribution in [1.29, 1.82) is 0 Å². The summed E-state index contributed by atoms with van der Waals surface area (Å²) in [6.45, 7) is 1.04. The van der Waals surface area contributed by atoms with Crippen LogP contribution in [0.15, 0.2) is 22.9 Å². The molecular formula is C12H19BrN2S. The number of nitrogens with one attached hydrogen (secondary N) is 1. The largest absolute Gasteiger partial charge is 0.384 e. The molecule has 0 amide bonds. The minimum Gasteiger partial charge on any atom is -0.384 e. The van der Waals surface area contributed by atoms with E-state index in [-0.39, 0.29) is 0 Å². The summed E-state index contributed by atoms with van der Waals surface area (Å²) in [4.78, 5) is 4.11. The second kappa shape index (κ2) is 8.88. The van der Waals surface area contributed by atoms with Crippen LogP contribution in [-0.4, -0.2) is 23.5 Å². The van der Waals surface area contributed by atoms with Crippen molar-refractivity contribution in [2.45, 2.75) is 25.7 Å². The standard InChI is InChI=1S/C12H19BrN2S/c1-16-7-5-3-2-4-6-15-12-8-11(13)9-14-10-12/h8-10,15H,2-7H2,1H3. The van der Waals surface area contributed by atoms with Crippen LogP contribution in [0.5, 0.6) is 0 Å². The molecule has 4 heteroatoms. The lowest BCUT2D eigenvalue weighted by atomic mass is 10.2. The number of halogens is 1. The molecule has 0 atom stereocenters. The lowest BCUT2D eigenvalue weighted by Gasteiger charge is -2.05. The van der Waals surface area contributed by atoms with Crippen molar-refractivity contribution in [3.05, 3.63) is 22.9 Å². The lowest BCUT2D eigenvalue weighted by Crippen LogP contribution is -2.01. The molecule has 1 N–H and O–H groups in total. The summed E-state index contributed by atoms with van der Waals surface area (Å²) in [5, 5.41) is 3.38. The van der Waals surface area contributed by atoms with Crippen LogP contribution in [-0.2, 0) is 0 Å². The predicted molar refractivity (Wildman–Crippen MR) is 77.3 cm³/mol. The van der Waals surface area contributed by atoms with Gasteiger partial charge in [-0.2, -0.15) is 11.8 Å². The van der Waals surface area contributed by atoms with Gasteiger partial charge in [-0.3, -0.25) is 4.98 Å². The topological polar surface area (TPSA) is 24.9 Å². The Hall–Kier alpha value is -0.220. The summed E-state index contributed by atoms with van der Waals surface area (Å²) in [6, 6.07) is 2.06. The second-order valence-electron chi connectivity index (χ2n) is 3.73. The highest BCUT2D eigenvalue weighted by atomic mass is 79.9. The summed E-state index contributed by atoms with van der Waals surface area (Å²) >= 11 is 5.34. The third-order valence-corrected chi connectivity index (χ3v) is 3.44. The molecule has 1 rings (SSSR count). The number of rotatable bonds is 8. The van der Waals surface area contributed by atoms with E-state index in [1.54, 1.807) is 6.20 Å². The molecule has 0 aliphatic carbocycles. The molecule has 0 fully saturated rings. The van der Waals surface area contributed by atoms with Gasteiger partial charge < -0.3 is 5.32 Å². The van der Waals surface area contributed by atoms with E-state index < -0.39 is 0 Å². The number of unbranched alkanes of at least 4 members (excludes halogenated alkanes) is 3. The molecule has 1 aromatic heterocycles. The molecule has 0 aliphatic rings. The molecule has 0 saturated carbocycles. The van der Waals surface area contributed by atoms with Crippen molar-refractivity contribution in [3.8, 4) is 0 Å². The van der Waals surface area contributed by atoms with E-state index in [4.69, 9.17) is 0 Å². The van der Waals surface area contributed by atoms with Crippen molar-refractivity contribution in [2.75, 3.05) is 23.9 Å². The highest BCUT2D eigenvalue weighted by molar-refractivity contribution is 9.10. The summed E-state index contributed by atoms with van der Waals surface area (Å²) in [6.07, 6.45) is 11.1. The average molecular weight is 303 g/mol. The van der Waals surface area contributed by atoms with Crippen LogP contribution in [0.1, 0.15) is 25.7 Å². The molecule has 0 aliphatic heterocycles. The minimum atomic E-state index is 1.03. The van der Waals surface area contributed by atoms with Crippen molar-refractivity contribution < 1.29 is 0 Å². The van der Waals surface area contributed by atoms with E-state index in [1.807, 2.05) is 18.0 Å². The van der Waals surface area contributed by atoms with E-state index in [1.165, 1.54) is 31.4 Å². The van der Waals surface area contributed by atoms with Crippen LogP contribution >= 0.6 is 27.7 Å². The Balaban J connectivity index is 2.03. The highest BCUT2D eigenvalue weighted by Crippen LogP contribution is 2.13. The van der Waals surface area contributed by atoms with E-state index in [0.717, 1.165) is 16.7 Å². The Morgan fingerprint density at radius 1 is 1.25 bits per heavy atom. The van der Waals surface area contributed by atoms with Crippen LogP contribution in [0, 0.1) is 0 Å². The number of aromatic nitrogens is 1. The predicted octanol–water partition coefficient (Wildman–Crippen LogP) is 4.18. The lowest BCUT2D eigenvalue weighted by molar-refractivity contribution is 0.689. The molecule has 0 radical (unpaired) electrons. The third-order valence-electron chi connectivity index (χ3n) is 2.31. The van der Waals surface area contributed by atoms with E-state index in [2.05, 4.69) is 38.6 Å². The van der Waals surface area contributed by atoms with Gasteiger partial charge in [-0.15, -0.1) is 0 Å². The third kappa shape index (κ3) is 6.38. The zero-order chi connectivity index (χ0) is 11.6. The van der Waals surface area contributed by atoms with Gasteiger partial charge in [0.1, 0.15) is 0 Å². The van der Waals surface area contributed by atoms with Crippen LogP contribution in [0.25, 0.3) is 0 Å². The molecule has 16 heavy (non-hydrogen) atoms. The Morgan fingerprint density at radius 2 is 2.06 bits per heavy atom. The molecule has 90 valence electrons. The van der Waals surface area contributed by atoms with Gasteiger partial charge in [-0.25, -0.2) is 0 Å². The minimum absolute atomic E-state index is 1.03. The van der Waals surface area contributed by atoms with Gasteiger partial charge in [0.15, 0.2) is 0 Å². The van der Waals surface area contributed by atoms with Gasteiger partial charge in [0.25, 0.3) is 0 Å². The fraction of sp³-hybridized carbons (Fsp3) is 0.583. The smallest absolute Gasteiger partial charge is 0.0538 e. The average Bonchev–Trinajstić information content (AvgIpc) is 2.28. The van der Waals surface area contributed by atoms with Gasteiger partial charge in [0.2, 0.25) is 0 Å². The van der Waals surface area contributed by atoms with Crippen molar-refractivity contribution in [1.82, 2.24) is 4.98 Å². The van der Waals surface area contributed by atoms with Crippen molar-refractivity contribution in [2.24, 2.45) is 0 Å². The Kier molecular flexibility index (Phi) is 7.68. The van der Waals surface area contributed by atoms with Gasteiger partial charge in [0, 0.05) is 17.2 Å². The summed E-state index contributed by atoms with van der Waals surface area (Å²) in [5.41, 5.74) is 1.10. The van der Waals surface area contributed by atoms with Crippen LogP contribution < -0.4 is 5.32 Å². The molecular weight excluding hydrogens is 284 g/mol. The molecule has 0 saturated heterocycles. The first-order valence-corrected chi connectivity index (χ1v) is 7.85. The zero-order valence-corrected chi connectivity index (χ0v) is 12.1. The number of hydrogen-bond donors (Lipinski definition) is 1. The molecule has 0 spiro atoms. The second-order valence-corrected chi connectivity index (χ2v) is 5.63. The maximum atomic E-state index is 4.11. The van der Waals surface area contributed by atoms with Gasteiger partial charge >= 0.3 is 0 Å². The number of nitrogens with zero attached hydrogens (tertiary/aromatic N) is 1. The molecule has 0 aromatic carbocycles. The fourth-order valence-corrected chi connectivity index (χ4v) is 2.32. The first kappa shape index (κ1) is 13.8. The Bertz CT molecular complexity index is 294. The Morgan fingerprint density at radius 3 is 2.81 bits per heavy atom. The highest BCUT2D eigenvalue weighted by Gasteiger charge is 1.94. The SMILES string of the molecule is CSCCCCCCNc1cncc(Br)c1. The van der Waals surface area contributed by atoms with Gasteiger partial charge in [0.05, 0.1) is 11.9 Å². The summed E-state index contributed by atoms with van der Waals surface area (Å²) in [5.74, 6) is 1.29. The Labute approximate surface area is 111 Å². The first-order valence-electron chi connectivity index (χ1n) is 5.66. The van der Waals surface area contributed by atoms with E-state index in [9.17, 15) is 0 Å². The number of hydrogen-bond acceptors (Lipinski definition) is 3. The van der Waals surface area contributed by atoms with Crippen molar-refractivity contribution >= 4 is 33.4 Å². The van der Waals surface area contributed by atoms with Crippen LogP contribution in [0.2, 0.25) is 0 Å². The number of pyridine rings is 1. The molecule has 1 aromatic rings. The number of thioether (sulfide) groups is 1. The molecule has 1 heterocycles. The fourth-order valence-electron chi connectivity index (χ4n) is 1.47. The van der Waals surface area contributed by atoms with Gasteiger partial charge in [-0.05, 0) is 46.8 Å². The molecule has 2 nitrogen and oxygen atoms in total. The summed E-state index contributed by atoms with van der Waals surface area (Å²) in [7, 11) is 0. The first-order chi connectivity index (χ1) is 7.83. The van der Waals surface area contributed by atoms with Crippen molar-refractivity contribution in [3.63, 3.8) is 0 Å². The van der Waals surface area contributed by atoms with Crippen LogP contribution in [0.4, 0.5) is 5.69 Å². The van der Waals surface area contributed by atoms with Gasteiger partial charge in [-0.1, -0.05) is 12.8 Å². The zero-order valence-electron chi connectivity index (χ0n) is 9.71. The van der Waals surface area contributed by atoms with E-state index >= 15 is 0 Å². The maximum absolute atomic E-state index is 4.11. The quantitative estimate of drug-likeness (QED) is 0.729. The normalized spacial score (nSPS) is 10.4. The maximum Gasteiger partial charge on any atom is 0.0538 e. The number of anilines is 1. The summed E-state index contributed by atoms with van der Waals surface area (Å²) < 4.78 is 1.03. The molecule has 0 bridgehead atoms. The molecule has 0 unspecified atom stereocenters. The monoisotopic (exact) mass is 302 g/mol. The van der Waals surface area contributed by atoms with E-state index in [0.29, 0.717) is 0 Å². The van der Waals surface area contributed by atoms with Crippen LogP contribution in [0.3, 0.4) is 0 Å².